The minimum absolute atomic E-state index is 0. The molecular formula is C15H25ClN2O3. The van der Waals surface area contributed by atoms with Gasteiger partial charge in [-0.25, -0.2) is 0 Å². The van der Waals surface area contributed by atoms with E-state index in [4.69, 9.17) is 15.2 Å². The Morgan fingerprint density at radius 2 is 2.05 bits per heavy atom. The van der Waals surface area contributed by atoms with Gasteiger partial charge in [0.2, 0.25) is 5.91 Å². The summed E-state index contributed by atoms with van der Waals surface area (Å²) >= 11 is 0. The van der Waals surface area contributed by atoms with Crippen molar-refractivity contribution in [2.24, 2.45) is 5.73 Å². The number of hydrogen-bond donors (Lipinski definition) is 2. The maximum atomic E-state index is 11.7. The van der Waals surface area contributed by atoms with Crippen LogP contribution in [0.5, 0.6) is 11.5 Å². The van der Waals surface area contributed by atoms with Crippen LogP contribution in [0.2, 0.25) is 0 Å². The Hall–Kier alpha value is -1.46. The lowest BCUT2D eigenvalue weighted by Gasteiger charge is -2.11. The van der Waals surface area contributed by atoms with E-state index >= 15 is 0 Å². The number of benzene rings is 1. The van der Waals surface area contributed by atoms with Crippen molar-refractivity contribution in [3.8, 4) is 11.5 Å². The summed E-state index contributed by atoms with van der Waals surface area (Å²) in [5.74, 6) is 1.56. The van der Waals surface area contributed by atoms with Crippen molar-refractivity contribution in [2.75, 3.05) is 20.8 Å². The van der Waals surface area contributed by atoms with Crippen LogP contribution >= 0.6 is 12.4 Å². The van der Waals surface area contributed by atoms with Crippen LogP contribution in [-0.4, -0.2) is 32.7 Å². The average molecular weight is 317 g/mol. The van der Waals surface area contributed by atoms with Crippen LogP contribution in [0.3, 0.4) is 0 Å². The first-order chi connectivity index (χ1) is 9.56. The van der Waals surface area contributed by atoms with E-state index in [0.29, 0.717) is 19.4 Å². The number of hydrogen-bond acceptors (Lipinski definition) is 4. The van der Waals surface area contributed by atoms with Gasteiger partial charge >= 0.3 is 0 Å². The highest BCUT2D eigenvalue weighted by molar-refractivity contribution is 5.85. The minimum atomic E-state index is 0. The van der Waals surface area contributed by atoms with E-state index in [1.807, 2.05) is 25.1 Å². The van der Waals surface area contributed by atoms with E-state index in [1.54, 1.807) is 14.2 Å². The number of ether oxygens (including phenoxy) is 2. The Balaban J connectivity index is 0.00000400. The van der Waals surface area contributed by atoms with Gasteiger partial charge in [0.25, 0.3) is 0 Å². The molecule has 1 aromatic rings. The van der Waals surface area contributed by atoms with Crippen molar-refractivity contribution in [3.05, 3.63) is 23.8 Å². The maximum absolute atomic E-state index is 11.7. The van der Waals surface area contributed by atoms with Crippen molar-refractivity contribution >= 4 is 18.3 Å². The number of aryl methyl sites for hydroxylation is 1. The SMILES string of the molecule is COc1ccc(OC)c(CCC(=O)NCCC(C)N)c1.Cl. The number of amides is 1. The Kier molecular flexibility index (Phi) is 9.58. The second-order valence-electron chi connectivity index (χ2n) is 4.79. The summed E-state index contributed by atoms with van der Waals surface area (Å²) in [7, 11) is 3.24. The standard InChI is InChI=1S/C15H24N2O3.ClH/c1-11(16)8-9-17-15(18)7-4-12-10-13(19-2)5-6-14(12)20-3;/h5-6,10-11H,4,7-9,16H2,1-3H3,(H,17,18);1H. The molecule has 1 atom stereocenters. The van der Waals surface area contributed by atoms with E-state index in [2.05, 4.69) is 5.32 Å². The molecule has 0 aliphatic carbocycles. The number of carbonyl (C=O) groups is 1. The zero-order chi connectivity index (χ0) is 15.0. The van der Waals surface area contributed by atoms with Gasteiger partial charge in [0, 0.05) is 19.0 Å². The van der Waals surface area contributed by atoms with Crippen LogP contribution in [0, 0.1) is 0 Å². The fourth-order valence-corrected chi connectivity index (χ4v) is 1.85. The van der Waals surface area contributed by atoms with Gasteiger partial charge in [0.15, 0.2) is 0 Å². The molecule has 1 rings (SSSR count). The van der Waals surface area contributed by atoms with E-state index in [1.165, 1.54) is 0 Å². The third kappa shape index (κ3) is 7.20. The number of methoxy groups -OCH3 is 2. The minimum Gasteiger partial charge on any atom is -0.497 e. The highest BCUT2D eigenvalue weighted by Gasteiger charge is 2.08. The van der Waals surface area contributed by atoms with Gasteiger partial charge in [0.1, 0.15) is 11.5 Å². The first-order valence-corrected chi connectivity index (χ1v) is 6.80. The van der Waals surface area contributed by atoms with Gasteiger partial charge in [-0.3, -0.25) is 4.79 Å². The molecule has 0 aromatic heterocycles. The zero-order valence-electron chi connectivity index (χ0n) is 12.8. The molecule has 0 aliphatic heterocycles. The van der Waals surface area contributed by atoms with Crippen molar-refractivity contribution in [1.29, 1.82) is 0 Å². The van der Waals surface area contributed by atoms with Crippen LogP contribution in [0.1, 0.15) is 25.3 Å². The Labute approximate surface area is 132 Å². The maximum Gasteiger partial charge on any atom is 0.220 e. The monoisotopic (exact) mass is 316 g/mol. The van der Waals surface area contributed by atoms with Crippen LogP contribution in [0.4, 0.5) is 0 Å². The molecule has 0 bridgehead atoms. The van der Waals surface area contributed by atoms with Gasteiger partial charge in [0.05, 0.1) is 14.2 Å². The molecule has 0 fully saturated rings. The number of nitrogens with one attached hydrogen (secondary N) is 1. The Bertz CT molecular complexity index is 439. The molecule has 120 valence electrons. The lowest BCUT2D eigenvalue weighted by molar-refractivity contribution is -0.121. The van der Waals surface area contributed by atoms with Crippen molar-refractivity contribution in [2.45, 2.75) is 32.2 Å². The third-order valence-electron chi connectivity index (χ3n) is 3.03. The summed E-state index contributed by atoms with van der Waals surface area (Å²) in [6.07, 6.45) is 1.82. The molecule has 1 unspecified atom stereocenters. The smallest absolute Gasteiger partial charge is 0.220 e. The highest BCUT2D eigenvalue weighted by Crippen LogP contribution is 2.24. The number of nitrogens with two attached hydrogens (primary N) is 1. The molecule has 0 spiro atoms. The molecule has 1 aromatic carbocycles. The zero-order valence-corrected chi connectivity index (χ0v) is 13.7. The number of rotatable bonds is 8. The predicted octanol–water partition coefficient (Wildman–Crippen LogP) is 1.91. The molecule has 0 heterocycles. The molecule has 6 heteroatoms. The lowest BCUT2D eigenvalue weighted by atomic mass is 10.1. The number of carbonyl (C=O) groups excluding carboxylic acids is 1. The van der Waals surface area contributed by atoms with Gasteiger partial charge in [-0.15, -0.1) is 12.4 Å². The first kappa shape index (κ1) is 19.5. The molecule has 21 heavy (non-hydrogen) atoms. The summed E-state index contributed by atoms with van der Waals surface area (Å²) in [6, 6.07) is 5.69. The van der Waals surface area contributed by atoms with Crippen LogP contribution in [0.25, 0.3) is 0 Å². The van der Waals surface area contributed by atoms with Gasteiger partial charge in [-0.05, 0) is 43.5 Å². The fraction of sp³-hybridized carbons (Fsp3) is 0.533. The van der Waals surface area contributed by atoms with E-state index in [-0.39, 0.29) is 24.4 Å². The third-order valence-corrected chi connectivity index (χ3v) is 3.03. The topological polar surface area (TPSA) is 73.6 Å². The fourth-order valence-electron chi connectivity index (χ4n) is 1.85. The summed E-state index contributed by atoms with van der Waals surface area (Å²) in [4.78, 5) is 11.7. The second-order valence-corrected chi connectivity index (χ2v) is 4.79. The summed E-state index contributed by atoms with van der Waals surface area (Å²) in [6.45, 7) is 2.54. The predicted molar refractivity (Wildman–Crippen MR) is 86.4 cm³/mol. The normalized spacial score (nSPS) is 11.2. The Morgan fingerprint density at radius 3 is 2.62 bits per heavy atom. The van der Waals surface area contributed by atoms with Crippen LogP contribution in [-0.2, 0) is 11.2 Å². The summed E-state index contributed by atoms with van der Waals surface area (Å²) < 4.78 is 10.5. The molecular weight excluding hydrogens is 292 g/mol. The van der Waals surface area contributed by atoms with Crippen LogP contribution in [0.15, 0.2) is 18.2 Å². The van der Waals surface area contributed by atoms with E-state index in [9.17, 15) is 4.79 Å². The molecule has 0 saturated heterocycles. The largest absolute Gasteiger partial charge is 0.497 e. The molecule has 1 amide bonds. The quantitative estimate of drug-likeness (QED) is 0.768. The molecule has 0 aliphatic rings. The van der Waals surface area contributed by atoms with Crippen molar-refractivity contribution < 1.29 is 14.3 Å². The van der Waals surface area contributed by atoms with Crippen LogP contribution < -0.4 is 20.5 Å². The summed E-state index contributed by atoms with van der Waals surface area (Å²) in [5.41, 5.74) is 6.60. The number of halogens is 1. The lowest BCUT2D eigenvalue weighted by Crippen LogP contribution is -2.29. The van der Waals surface area contributed by atoms with E-state index in [0.717, 1.165) is 23.5 Å². The van der Waals surface area contributed by atoms with Crippen molar-refractivity contribution in [1.82, 2.24) is 5.32 Å². The molecule has 3 N–H and O–H groups in total. The molecule has 5 nitrogen and oxygen atoms in total. The highest BCUT2D eigenvalue weighted by atomic mass is 35.5. The first-order valence-electron chi connectivity index (χ1n) is 6.80. The van der Waals surface area contributed by atoms with Gasteiger partial charge in [-0.1, -0.05) is 0 Å². The second kappa shape index (κ2) is 10.3. The van der Waals surface area contributed by atoms with Gasteiger partial charge < -0.3 is 20.5 Å². The molecule has 0 saturated carbocycles. The Morgan fingerprint density at radius 1 is 1.33 bits per heavy atom. The van der Waals surface area contributed by atoms with Crippen molar-refractivity contribution in [3.63, 3.8) is 0 Å². The van der Waals surface area contributed by atoms with E-state index < -0.39 is 0 Å². The average Bonchev–Trinajstić information content (AvgIpc) is 2.44. The van der Waals surface area contributed by atoms with Gasteiger partial charge in [-0.2, -0.15) is 0 Å². The molecule has 0 radical (unpaired) electrons. The summed E-state index contributed by atoms with van der Waals surface area (Å²) in [5, 5.41) is 2.86.